The van der Waals surface area contributed by atoms with Crippen molar-refractivity contribution < 1.29 is 22.6 Å². The fourth-order valence-corrected chi connectivity index (χ4v) is 6.63. The first-order valence-corrected chi connectivity index (χ1v) is 16.6. The summed E-state index contributed by atoms with van der Waals surface area (Å²) in [4.78, 5) is 0.201. The molecular weight excluding hydrogens is 582 g/mol. The third-order valence-electron chi connectivity index (χ3n) is 7.46. The van der Waals surface area contributed by atoms with Gasteiger partial charge in [-0.3, -0.25) is 0 Å². The van der Waals surface area contributed by atoms with E-state index in [1.807, 2.05) is 97.9 Å². The second-order valence-corrected chi connectivity index (χ2v) is 12.7. The maximum absolute atomic E-state index is 14.4. The van der Waals surface area contributed by atoms with Gasteiger partial charge in [0.25, 0.3) is 0 Å². The number of ether oxygens (including phenoxy) is 3. The van der Waals surface area contributed by atoms with Crippen molar-refractivity contribution in [2.24, 2.45) is 0 Å². The van der Waals surface area contributed by atoms with Crippen molar-refractivity contribution in [2.75, 3.05) is 13.2 Å². The van der Waals surface area contributed by atoms with Crippen LogP contribution < -0.4 is 0 Å². The molecule has 4 aromatic carbocycles. The second kappa shape index (κ2) is 17.6. The lowest BCUT2D eigenvalue weighted by atomic mass is 10.0. The van der Waals surface area contributed by atoms with Gasteiger partial charge in [-0.25, -0.2) is 8.42 Å². The first kappa shape index (κ1) is 34.0. The lowest BCUT2D eigenvalue weighted by Gasteiger charge is -2.38. The van der Waals surface area contributed by atoms with E-state index in [4.69, 9.17) is 14.2 Å². The fraction of sp³-hybridized carbons (Fsp3) is 0.263. The van der Waals surface area contributed by atoms with Gasteiger partial charge in [0.2, 0.25) is 10.0 Å². The van der Waals surface area contributed by atoms with E-state index < -0.39 is 28.3 Å². The van der Waals surface area contributed by atoms with Gasteiger partial charge in [-0.1, -0.05) is 121 Å². The van der Waals surface area contributed by atoms with Crippen molar-refractivity contribution in [1.82, 2.24) is 4.31 Å². The van der Waals surface area contributed by atoms with Crippen molar-refractivity contribution >= 4 is 10.0 Å². The summed E-state index contributed by atoms with van der Waals surface area (Å²) >= 11 is 0. The van der Waals surface area contributed by atoms with Crippen LogP contribution in [0.4, 0.5) is 0 Å². The fourth-order valence-electron chi connectivity index (χ4n) is 5.00. The monoisotopic (exact) mass is 625 g/mol. The number of aryl methyl sites for hydroxylation is 1. The van der Waals surface area contributed by atoms with E-state index in [2.05, 4.69) is 13.2 Å². The normalized spacial score (nSPS) is 13.6. The van der Waals surface area contributed by atoms with Crippen molar-refractivity contribution in [2.45, 2.75) is 56.3 Å². The molecule has 4 rings (SSSR count). The molecule has 0 bridgehead atoms. The molecule has 7 heteroatoms. The van der Waals surface area contributed by atoms with E-state index >= 15 is 0 Å². The van der Waals surface area contributed by atoms with Gasteiger partial charge in [0.15, 0.2) is 0 Å². The summed E-state index contributed by atoms with van der Waals surface area (Å²) in [5, 5.41) is 0. The Kier molecular flexibility index (Phi) is 13.3. The average Bonchev–Trinajstić information content (AvgIpc) is 3.07. The summed E-state index contributed by atoms with van der Waals surface area (Å²) < 4.78 is 49.6. The molecule has 0 aromatic heterocycles. The molecule has 0 radical (unpaired) electrons. The largest absolute Gasteiger partial charge is 0.375 e. The zero-order chi connectivity index (χ0) is 31.9. The van der Waals surface area contributed by atoms with E-state index in [9.17, 15) is 8.42 Å². The van der Waals surface area contributed by atoms with E-state index in [1.54, 1.807) is 36.4 Å². The zero-order valence-electron chi connectivity index (χ0n) is 25.9. The quantitative estimate of drug-likeness (QED) is 0.101. The average molecular weight is 626 g/mol. The lowest BCUT2D eigenvalue weighted by molar-refractivity contribution is -0.105. The van der Waals surface area contributed by atoms with Crippen LogP contribution in [0, 0.1) is 6.92 Å². The highest BCUT2D eigenvalue weighted by Gasteiger charge is 2.40. The van der Waals surface area contributed by atoms with Gasteiger partial charge in [-0.05, 0) is 42.2 Å². The molecule has 236 valence electrons. The molecule has 0 saturated heterocycles. The van der Waals surface area contributed by atoms with E-state index in [1.165, 1.54) is 4.31 Å². The third kappa shape index (κ3) is 10.1. The van der Waals surface area contributed by atoms with Crippen LogP contribution in [-0.2, 0) is 44.1 Å². The molecule has 3 atom stereocenters. The molecule has 0 heterocycles. The molecule has 0 aliphatic heterocycles. The first-order valence-electron chi connectivity index (χ1n) is 15.2. The van der Waals surface area contributed by atoms with E-state index in [0.717, 1.165) is 22.3 Å². The second-order valence-electron chi connectivity index (χ2n) is 10.8. The molecular formula is C38H43NO5S. The van der Waals surface area contributed by atoms with Crippen LogP contribution in [0.1, 0.15) is 28.7 Å². The van der Waals surface area contributed by atoms with Crippen LogP contribution in [0.2, 0.25) is 0 Å². The van der Waals surface area contributed by atoms with Crippen LogP contribution in [0.15, 0.2) is 145 Å². The molecule has 0 fully saturated rings. The third-order valence-corrected chi connectivity index (χ3v) is 9.40. The van der Waals surface area contributed by atoms with Crippen LogP contribution in [0.25, 0.3) is 0 Å². The summed E-state index contributed by atoms with van der Waals surface area (Å²) in [6, 6.07) is 35.6. The van der Waals surface area contributed by atoms with Crippen molar-refractivity contribution in [1.29, 1.82) is 0 Å². The molecule has 4 aromatic rings. The number of hydrogen-bond donors (Lipinski definition) is 0. The predicted molar refractivity (Wildman–Crippen MR) is 180 cm³/mol. The maximum Gasteiger partial charge on any atom is 0.243 e. The van der Waals surface area contributed by atoms with Crippen LogP contribution in [0.3, 0.4) is 0 Å². The van der Waals surface area contributed by atoms with Crippen molar-refractivity contribution in [3.05, 3.63) is 163 Å². The van der Waals surface area contributed by atoms with Crippen LogP contribution >= 0.6 is 0 Å². The summed E-state index contributed by atoms with van der Waals surface area (Å²) in [6.45, 7) is 11.0. The Morgan fingerprint density at radius 1 is 0.711 bits per heavy atom. The minimum absolute atomic E-state index is 0.0651. The number of rotatable bonds is 19. The Morgan fingerprint density at radius 2 is 1.22 bits per heavy atom. The van der Waals surface area contributed by atoms with Gasteiger partial charge in [-0.2, -0.15) is 4.31 Å². The van der Waals surface area contributed by atoms with Gasteiger partial charge in [0.05, 0.1) is 37.4 Å². The molecule has 0 amide bonds. The molecule has 0 aliphatic rings. The predicted octanol–water partition coefficient (Wildman–Crippen LogP) is 7.50. The Balaban J connectivity index is 1.74. The zero-order valence-corrected chi connectivity index (χ0v) is 26.7. The van der Waals surface area contributed by atoms with Gasteiger partial charge in [0.1, 0.15) is 12.2 Å². The molecule has 6 nitrogen and oxygen atoms in total. The van der Waals surface area contributed by atoms with E-state index in [-0.39, 0.29) is 24.7 Å². The van der Waals surface area contributed by atoms with Gasteiger partial charge in [-0.15, -0.1) is 13.2 Å². The smallest absolute Gasteiger partial charge is 0.243 e. The molecule has 0 unspecified atom stereocenters. The summed E-state index contributed by atoms with van der Waals surface area (Å²) in [7, 11) is -3.99. The van der Waals surface area contributed by atoms with Crippen molar-refractivity contribution in [3.8, 4) is 0 Å². The van der Waals surface area contributed by atoms with Gasteiger partial charge in [0, 0.05) is 6.54 Å². The maximum atomic E-state index is 14.4. The Hall–Kier alpha value is -3.85. The van der Waals surface area contributed by atoms with Gasteiger partial charge < -0.3 is 14.2 Å². The highest BCUT2D eigenvalue weighted by Crippen LogP contribution is 2.27. The highest BCUT2D eigenvalue weighted by molar-refractivity contribution is 7.89. The Labute approximate surface area is 268 Å². The summed E-state index contributed by atoms with van der Waals surface area (Å²) in [5.41, 5.74) is 3.90. The summed E-state index contributed by atoms with van der Waals surface area (Å²) in [6.07, 6.45) is 2.43. The van der Waals surface area contributed by atoms with E-state index in [0.29, 0.717) is 19.6 Å². The number of nitrogens with zero attached hydrogens (tertiary/aromatic N) is 1. The van der Waals surface area contributed by atoms with Crippen LogP contribution in [-0.4, -0.2) is 44.1 Å². The molecule has 45 heavy (non-hydrogen) atoms. The van der Waals surface area contributed by atoms with Gasteiger partial charge >= 0.3 is 0 Å². The minimum Gasteiger partial charge on any atom is -0.375 e. The minimum atomic E-state index is -3.99. The number of benzene rings is 4. The summed E-state index contributed by atoms with van der Waals surface area (Å²) in [5.74, 6) is 0. The lowest BCUT2D eigenvalue weighted by Crippen LogP contribution is -2.54. The standard InChI is InChI=1S/C38H43NO5S/c1-4-6-26-39(45(40,41)35-24-22-31(3)23-25-35)36(30-42-27-32-16-10-7-11-17-32)38(44-29-34-20-14-9-15-21-34)37(5-2)43-28-33-18-12-8-13-19-33/h4-5,7-25,36-38H,1-2,6,26-30H2,3H3/t36-,37-,38-/m1/s1. The topological polar surface area (TPSA) is 65.1 Å². The molecule has 0 aliphatic carbocycles. The SMILES string of the molecule is C=CCCN([C@H](COCc1ccccc1)[C@@H](OCc1ccccc1)[C@@H](C=C)OCc1ccccc1)S(=O)(=O)c1ccc(C)cc1. The Morgan fingerprint density at radius 3 is 1.73 bits per heavy atom. The molecule has 0 N–H and O–H groups in total. The van der Waals surface area contributed by atoms with Crippen LogP contribution in [0.5, 0.6) is 0 Å². The number of sulfonamides is 1. The highest BCUT2D eigenvalue weighted by atomic mass is 32.2. The number of hydrogen-bond acceptors (Lipinski definition) is 5. The molecule has 0 saturated carbocycles. The Bertz CT molecular complexity index is 1540. The first-order chi connectivity index (χ1) is 21.9. The molecule has 0 spiro atoms. The van der Waals surface area contributed by atoms with Crippen molar-refractivity contribution in [3.63, 3.8) is 0 Å².